The maximum absolute atomic E-state index is 14.1. The van der Waals surface area contributed by atoms with Crippen molar-refractivity contribution in [2.75, 3.05) is 48.5 Å². The number of nitrogens with one attached hydrogen (secondary N) is 1. The van der Waals surface area contributed by atoms with Crippen molar-refractivity contribution in [1.29, 1.82) is 0 Å². The third kappa shape index (κ3) is 8.57. The number of rotatable bonds is 10. The summed E-state index contributed by atoms with van der Waals surface area (Å²) in [5.41, 5.74) is 1.37. The van der Waals surface area contributed by atoms with Gasteiger partial charge in [0, 0.05) is 19.8 Å². The summed E-state index contributed by atoms with van der Waals surface area (Å²) in [6.45, 7) is 5.98. The zero-order chi connectivity index (χ0) is 30.9. The molecule has 3 aromatic rings. The van der Waals surface area contributed by atoms with E-state index in [4.69, 9.17) is 9.47 Å². The number of likely N-dealkylation sites (N-methyl/N-ethyl adjacent to an activating group) is 2. The summed E-state index contributed by atoms with van der Waals surface area (Å²) < 4.78 is 11.4. The van der Waals surface area contributed by atoms with E-state index in [9.17, 15) is 19.2 Å². The number of benzene rings is 3. The summed E-state index contributed by atoms with van der Waals surface area (Å²) >= 11 is 0. The number of nitrogens with zero attached hydrogens (tertiary/aromatic N) is 3. The molecule has 3 aromatic carbocycles. The van der Waals surface area contributed by atoms with Crippen molar-refractivity contribution in [3.05, 3.63) is 84.4 Å². The van der Waals surface area contributed by atoms with Gasteiger partial charge >= 0.3 is 6.09 Å². The number of ether oxygens (including phenoxy) is 2. The van der Waals surface area contributed by atoms with Crippen molar-refractivity contribution in [2.45, 2.75) is 33.3 Å². The first-order chi connectivity index (χ1) is 19.9. The van der Waals surface area contributed by atoms with Crippen LogP contribution in [0.4, 0.5) is 21.9 Å². The largest absolute Gasteiger partial charge is 0.482 e. The number of anilines is 3. The van der Waals surface area contributed by atoms with E-state index in [0.717, 1.165) is 5.56 Å². The Morgan fingerprint density at radius 3 is 1.95 bits per heavy atom. The minimum absolute atomic E-state index is 0.226. The maximum Gasteiger partial charge on any atom is 0.415 e. The fourth-order valence-corrected chi connectivity index (χ4v) is 4.01. The van der Waals surface area contributed by atoms with Crippen LogP contribution in [-0.2, 0) is 19.1 Å². The predicted octanol–water partition coefficient (Wildman–Crippen LogP) is 4.56. The smallest absolute Gasteiger partial charge is 0.415 e. The molecule has 10 heteroatoms. The summed E-state index contributed by atoms with van der Waals surface area (Å²) in [5, 5.41) is 2.49. The molecule has 42 heavy (non-hydrogen) atoms. The van der Waals surface area contributed by atoms with E-state index in [1.54, 1.807) is 76.3 Å². The van der Waals surface area contributed by atoms with Crippen molar-refractivity contribution in [3.63, 3.8) is 0 Å². The molecule has 0 aliphatic rings. The number of hydrogen-bond acceptors (Lipinski definition) is 6. The Morgan fingerprint density at radius 1 is 0.762 bits per heavy atom. The van der Waals surface area contributed by atoms with Gasteiger partial charge in [0.25, 0.3) is 5.91 Å². The summed E-state index contributed by atoms with van der Waals surface area (Å²) in [4.78, 5) is 56.9. The molecule has 0 saturated heterocycles. The Kier molecular flexibility index (Phi) is 10.7. The van der Waals surface area contributed by atoms with Gasteiger partial charge in [-0.2, -0.15) is 0 Å². The van der Waals surface area contributed by atoms with Crippen molar-refractivity contribution < 1.29 is 28.7 Å². The van der Waals surface area contributed by atoms with E-state index < -0.39 is 24.1 Å². The molecule has 0 fully saturated rings. The van der Waals surface area contributed by atoms with Gasteiger partial charge in [-0.25, -0.2) is 4.79 Å². The van der Waals surface area contributed by atoms with Gasteiger partial charge in [-0.3, -0.25) is 24.2 Å². The highest BCUT2D eigenvalue weighted by molar-refractivity contribution is 6.07. The molecule has 222 valence electrons. The second-order valence-corrected chi connectivity index (χ2v) is 10.6. The van der Waals surface area contributed by atoms with Gasteiger partial charge in [0.1, 0.15) is 24.4 Å². The fourth-order valence-electron chi connectivity index (χ4n) is 4.01. The van der Waals surface area contributed by atoms with Crippen LogP contribution < -0.4 is 24.8 Å². The van der Waals surface area contributed by atoms with E-state index in [-0.39, 0.29) is 36.4 Å². The van der Waals surface area contributed by atoms with Crippen LogP contribution in [0, 0.1) is 6.92 Å². The topological polar surface area (TPSA) is 108 Å². The van der Waals surface area contributed by atoms with Crippen molar-refractivity contribution in [2.24, 2.45) is 0 Å². The quantitative estimate of drug-likeness (QED) is 0.381. The monoisotopic (exact) mass is 574 g/mol. The minimum Gasteiger partial charge on any atom is -0.482 e. The van der Waals surface area contributed by atoms with E-state index in [0.29, 0.717) is 11.4 Å². The third-order valence-electron chi connectivity index (χ3n) is 6.22. The van der Waals surface area contributed by atoms with Gasteiger partial charge in [0.05, 0.1) is 11.4 Å². The summed E-state index contributed by atoms with van der Waals surface area (Å²) in [6, 6.07) is 22.8. The second kappa shape index (κ2) is 14.2. The summed E-state index contributed by atoms with van der Waals surface area (Å²) in [5.74, 6) is -1.08. The molecular formula is C32H38N4O6. The Labute approximate surface area is 246 Å². The van der Waals surface area contributed by atoms with Crippen LogP contribution in [0.15, 0.2) is 78.9 Å². The SMILES string of the molecule is CNC(=O)COc1ccccc1N(CC(=O)N(C)c1ccccc1)C(=O)CN(C(=O)OC(C)(C)C)c1ccccc1C. The molecule has 0 saturated carbocycles. The van der Waals surface area contributed by atoms with Crippen LogP contribution in [0.25, 0.3) is 0 Å². The zero-order valence-electron chi connectivity index (χ0n) is 24.9. The molecule has 0 unspecified atom stereocenters. The lowest BCUT2D eigenvalue weighted by molar-refractivity contribution is -0.122. The third-order valence-corrected chi connectivity index (χ3v) is 6.22. The molecule has 0 aliphatic heterocycles. The maximum atomic E-state index is 14.1. The Hall–Kier alpha value is -4.86. The fraction of sp³-hybridized carbons (Fsp3) is 0.312. The Morgan fingerprint density at radius 2 is 1.33 bits per heavy atom. The minimum atomic E-state index is -0.810. The number of carbonyl (C=O) groups is 4. The first-order valence-electron chi connectivity index (χ1n) is 13.5. The number of carbonyl (C=O) groups excluding carboxylic acids is 4. The van der Waals surface area contributed by atoms with Gasteiger partial charge in [0.2, 0.25) is 11.8 Å². The Balaban J connectivity index is 2.02. The molecule has 4 amide bonds. The molecule has 0 aliphatic carbocycles. The van der Waals surface area contributed by atoms with Crippen molar-refractivity contribution in [1.82, 2.24) is 5.32 Å². The average molecular weight is 575 g/mol. The first kappa shape index (κ1) is 31.7. The molecule has 0 radical (unpaired) electrons. The van der Waals surface area contributed by atoms with Crippen LogP contribution in [0.1, 0.15) is 26.3 Å². The number of hydrogen-bond donors (Lipinski definition) is 1. The lowest BCUT2D eigenvalue weighted by atomic mass is 10.1. The van der Waals surface area contributed by atoms with Gasteiger partial charge in [-0.05, 0) is 63.6 Å². The van der Waals surface area contributed by atoms with Gasteiger partial charge in [-0.15, -0.1) is 0 Å². The van der Waals surface area contributed by atoms with E-state index >= 15 is 0 Å². The summed E-state index contributed by atoms with van der Waals surface area (Å²) in [6.07, 6.45) is -0.706. The highest BCUT2D eigenvalue weighted by Gasteiger charge is 2.31. The standard InChI is InChI=1S/C32H38N4O6/c1-23-14-10-11-17-25(23)36(31(40)42-32(2,3)4)21-30(39)35(20-29(38)34(6)24-15-8-7-9-16-24)26-18-12-13-19-27(26)41-22-28(37)33-5/h7-19H,20-22H2,1-6H3,(H,33,37). The number of para-hydroxylation sites is 4. The molecule has 0 aromatic heterocycles. The molecule has 0 heterocycles. The molecular weight excluding hydrogens is 536 g/mol. The highest BCUT2D eigenvalue weighted by Crippen LogP contribution is 2.30. The van der Waals surface area contributed by atoms with Crippen LogP contribution in [0.5, 0.6) is 5.75 Å². The molecule has 1 N–H and O–H groups in total. The van der Waals surface area contributed by atoms with E-state index in [1.807, 2.05) is 37.3 Å². The van der Waals surface area contributed by atoms with Gasteiger partial charge in [0.15, 0.2) is 6.61 Å². The normalized spacial score (nSPS) is 10.8. The van der Waals surface area contributed by atoms with Crippen LogP contribution in [-0.4, -0.2) is 63.2 Å². The number of aryl methyl sites for hydroxylation is 1. The first-order valence-corrected chi connectivity index (χ1v) is 13.5. The highest BCUT2D eigenvalue weighted by atomic mass is 16.6. The molecule has 3 rings (SSSR count). The predicted molar refractivity (Wildman–Crippen MR) is 163 cm³/mol. The average Bonchev–Trinajstić information content (AvgIpc) is 2.97. The van der Waals surface area contributed by atoms with Crippen molar-refractivity contribution in [3.8, 4) is 5.75 Å². The van der Waals surface area contributed by atoms with E-state index in [2.05, 4.69) is 5.32 Å². The van der Waals surface area contributed by atoms with Crippen LogP contribution in [0.2, 0.25) is 0 Å². The molecule has 10 nitrogen and oxygen atoms in total. The van der Waals surface area contributed by atoms with Crippen molar-refractivity contribution >= 4 is 40.9 Å². The number of amides is 4. The molecule has 0 atom stereocenters. The van der Waals surface area contributed by atoms with Gasteiger partial charge < -0.3 is 19.7 Å². The Bertz CT molecular complexity index is 1400. The lowest BCUT2D eigenvalue weighted by Gasteiger charge is -2.31. The second-order valence-electron chi connectivity index (χ2n) is 10.6. The molecule has 0 spiro atoms. The van der Waals surface area contributed by atoms with Crippen LogP contribution >= 0.6 is 0 Å². The summed E-state index contributed by atoms with van der Waals surface area (Å²) in [7, 11) is 3.11. The zero-order valence-corrected chi connectivity index (χ0v) is 24.9. The lowest BCUT2D eigenvalue weighted by Crippen LogP contribution is -2.48. The van der Waals surface area contributed by atoms with Gasteiger partial charge in [-0.1, -0.05) is 48.5 Å². The van der Waals surface area contributed by atoms with E-state index in [1.165, 1.54) is 21.7 Å². The van der Waals surface area contributed by atoms with Crippen LogP contribution in [0.3, 0.4) is 0 Å². The molecule has 0 bridgehead atoms.